The molecule has 2 aromatic rings. The Labute approximate surface area is 198 Å². The quantitative estimate of drug-likeness (QED) is 0.495. The average Bonchev–Trinajstić information content (AvgIpc) is 3.52. The maximum atomic E-state index is 12.0. The topological polar surface area (TPSA) is 117 Å². The van der Waals surface area contributed by atoms with Gasteiger partial charge in [-0.05, 0) is 25.3 Å². The molecule has 11 heteroatoms. The molecule has 4 N–H and O–H groups in total. The lowest BCUT2D eigenvalue weighted by Crippen LogP contribution is -2.45. The highest BCUT2D eigenvalue weighted by atomic mass is 35.5. The Kier molecular flexibility index (Phi) is 6.22. The fraction of sp³-hybridized carbons (Fsp3) is 0.545. The Hall–Kier alpha value is -2.69. The van der Waals surface area contributed by atoms with Crippen molar-refractivity contribution in [3.8, 4) is 0 Å². The van der Waals surface area contributed by atoms with Crippen LogP contribution in [0.1, 0.15) is 6.42 Å². The number of aromatic nitrogens is 4. The van der Waals surface area contributed by atoms with E-state index in [1.54, 1.807) is 12.4 Å². The molecule has 3 heterocycles. The molecular formula is C22H30ClN9O. The number of halogens is 1. The van der Waals surface area contributed by atoms with Crippen molar-refractivity contribution in [2.75, 3.05) is 50.4 Å². The number of nitrogens with zero attached hydrogens (tertiary/aromatic N) is 6. The van der Waals surface area contributed by atoms with Crippen LogP contribution in [0.4, 0.5) is 17.5 Å². The predicted octanol–water partition coefficient (Wildman–Crippen LogP) is 1.41. The smallest absolute Gasteiger partial charge is 0.229 e. The molecule has 1 saturated carbocycles. The van der Waals surface area contributed by atoms with E-state index >= 15 is 0 Å². The maximum absolute atomic E-state index is 12.0. The number of nitrogens with two attached hydrogens (primary N) is 1. The number of hydrogen-bond donors (Lipinski definition) is 3. The van der Waals surface area contributed by atoms with Gasteiger partial charge >= 0.3 is 0 Å². The van der Waals surface area contributed by atoms with Crippen molar-refractivity contribution in [2.45, 2.75) is 19.0 Å². The molecular weight excluding hydrogens is 442 g/mol. The van der Waals surface area contributed by atoms with Gasteiger partial charge in [-0.2, -0.15) is 10.1 Å². The van der Waals surface area contributed by atoms with Crippen LogP contribution in [0.15, 0.2) is 30.7 Å². The molecule has 1 aliphatic heterocycles. The molecule has 4 unspecified atom stereocenters. The van der Waals surface area contributed by atoms with Gasteiger partial charge in [0, 0.05) is 45.0 Å². The first-order valence-corrected chi connectivity index (χ1v) is 11.8. The lowest BCUT2D eigenvalue weighted by molar-refractivity contribution is -0.122. The van der Waals surface area contributed by atoms with Gasteiger partial charge in [0.25, 0.3) is 0 Å². The first kappa shape index (κ1) is 22.1. The number of amides is 1. The maximum Gasteiger partial charge on any atom is 0.229 e. The van der Waals surface area contributed by atoms with Crippen molar-refractivity contribution in [1.82, 2.24) is 29.5 Å². The normalized spacial score (nSPS) is 27.2. The summed E-state index contributed by atoms with van der Waals surface area (Å²) in [5, 5.41) is 11.4. The third-order valence-corrected chi connectivity index (χ3v) is 7.24. The van der Waals surface area contributed by atoms with E-state index in [9.17, 15) is 4.79 Å². The standard InChI is InChI=1S/C22H30ClN9O/c1-30-4-6-31(7-5-30)8-9-32-13-16(11-26-32)27-22-25-12-17(23)21(29-22)28-19-15-3-2-14(10-15)18(19)20(24)33/h2-3,11-15,18-19H,4-10H2,1H3,(H2,24,33)(H2,25,27,28,29). The number of likely N-dealkylation sites (N-methyl/N-ethyl adjacent to an activating group) is 1. The van der Waals surface area contributed by atoms with Gasteiger partial charge in [0.05, 0.1) is 30.5 Å². The Bertz CT molecular complexity index is 1030. The van der Waals surface area contributed by atoms with E-state index in [0.717, 1.165) is 51.4 Å². The predicted molar refractivity (Wildman–Crippen MR) is 127 cm³/mol. The molecule has 33 heavy (non-hydrogen) atoms. The van der Waals surface area contributed by atoms with E-state index in [1.165, 1.54) is 0 Å². The second kappa shape index (κ2) is 9.28. The molecule has 3 aliphatic rings. The first-order chi connectivity index (χ1) is 16.0. The van der Waals surface area contributed by atoms with Gasteiger partial charge in [0.1, 0.15) is 5.02 Å². The number of carbonyl (C=O) groups excluding carboxylic acids is 1. The Morgan fingerprint density at radius 2 is 1.97 bits per heavy atom. The highest BCUT2D eigenvalue weighted by molar-refractivity contribution is 6.32. The Morgan fingerprint density at radius 3 is 2.76 bits per heavy atom. The summed E-state index contributed by atoms with van der Waals surface area (Å²) in [5.74, 6) is 0.773. The number of nitrogens with one attached hydrogen (secondary N) is 2. The molecule has 176 valence electrons. The fourth-order valence-corrected chi connectivity index (χ4v) is 5.23. The van der Waals surface area contributed by atoms with Crippen LogP contribution in [-0.4, -0.2) is 81.3 Å². The third-order valence-electron chi connectivity index (χ3n) is 6.97. The molecule has 1 saturated heterocycles. The molecule has 4 atom stereocenters. The number of piperazine rings is 1. The Balaban J connectivity index is 1.21. The highest BCUT2D eigenvalue weighted by Crippen LogP contribution is 2.45. The van der Waals surface area contributed by atoms with Crippen LogP contribution in [0.2, 0.25) is 5.02 Å². The van der Waals surface area contributed by atoms with Gasteiger partial charge in [0.2, 0.25) is 11.9 Å². The third kappa shape index (κ3) is 4.83. The van der Waals surface area contributed by atoms with Crippen LogP contribution in [0.5, 0.6) is 0 Å². The molecule has 2 fully saturated rings. The summed E-state index contributed by atoms with van der Waals surface area (Å²) >= 11 is 6.36. The molecule has 0 spiro atoms. The van der Waals surface area contributed by atoms with Crippen LogP contribution in [0.3, 0.4) is 0 Å². The molecule has 0 radical (unpaired) electrons. The average molecular weight is 472 g/mol. The van der Waals surface area contributed by atoms with Gasteiger partial charge < -0.3 is 21.3 Å². The van der Waals surface area contributed by atoms with Gasteiger partial charge in [-0.15, -0.1) is 0 Å². The number of fused-ring (bicyclic) bond motifs is 2. The molecule has 2 aromatic heterocycles. The van der Waals surface area contributed by atoms with E-state index in [0.29, 0.717) is 16.8 Å². The second-order valence-corrected chi connectivity index (χ2v) is 9.61. The lowest BCUT2D eigenvalue weighted by atomic mass is 9.88. The zero-order valence-corrected chi connectivity index (χ0v) is 19.4. The van der Waals surface area contributed by atoms with E-state index in [4.69, 9.17) is 17.3 Å². The lowest BCUT2D eigenvalue weighted by Gasteiger charge is -2.32. The first-order valence-electron chi connectivity index (χ1n) is 11.4. The van der Waals surface area contributed by atoms with Crippen molar-refractivity contribution in [3.63, 3.8) is 0 Å². The summed E-state index contributed by atoms with van der Waals surface area (Å²) in [5.41, 5.74) is 6.48. The van der Waals surface area contributed by atoms with Gasteiger partial charge in [-0.1, -0.05) is 23.8 Å². The van der Waals surface area contributed by atoms with Gasteiger partial charge in [-0.3, -0.25) is 14.4 Å². The van der Waals surface area contributed by atoms with Crippen molar-refractivity contribution in [1.29, 1.82) is 0 Å². The summed E-state index contributed by atoms with van der Waals surface area (Å²) < 4.78 is 1.93. The minimum absolute atomic E-state index is 0.116. The summed E-state index contributed by atoms with van der Waals surface area (Å²) in [6.07, 6.45) is 10.4. The second-order valence-electron chi connectivity index (χ2n) is 9.20. The van der Waals surface area contributed by atoms with E-state index in [1.807, 2.05) is 10.9 Å². The summed E-state index contributed by atoms with van der Waals surface area (Å²) in [6, 6.07) is -0.116. The highest BCUT2D eigenvalue weighted by Gasteiger charge is 2.47. The molecule has 2 bridgehead atoms. The minimum Gasteiger partial charge on any atom is -0.369 e. The van der Waals surface area contributed by atoms with Crippen molar-refractivity contribution >= 4 is 35.0 Å². The minimum atomic E-state index is -0.295. The molecule has 10 nitrogen and oxygen atoms in total. The van der Waals surface area contributed by atoms with E-state index in [-0.39, 0.29) is 29.7 Å². The van der Waals surface area contributed by atoms with E-state index in [2.05, 4.69) is 54.7 Å². The monoisotopic (exact) mass is 471 g/mol. The zero-order chi connectivity index (χ0) is 22.9. The van der Waals surface area contributed by atoms with Crippen LogP contribution in [0, 0.1) is 17.8 Å². The number of hydrogen-bond acceptors (Lipinski definition) is 8. The van der Waals surface area contributed by atoms with Gasteiger partial charge in [0.15, 0.2) is 5.82 Å². The number of rotatable bonds is 8. The van der Waals surface area contributed by atoms with Crippen LogP contribution >= 0.6 is 11.6 Å². The number of carbonyl (C=O) groups is 1. The molecule has 2 aliphatic carbocycles. The van der Waals surface area contributed by atoms with E-state index < -0.39 is 0 Å². The number of primary amides is 1. The number of anilines is 3. The summed E-state index contributed by atoms with van der Waals surface area (Å²) in [7, 11) is 2.16. The molecule has 1 amide bonds. The fourth-order valence-electron chi connectivity index (χ4n) is 5.09. The Morgan fingerprint density at radius 1 is 1.18 bits per heavy atom. The summed E-state index contributed by atoms with van der Waals surface area (Å²) in [6.45, 7) is 6.19. The molecule has 5 rings (SSSR count). The molecule has 0 aromatic carbocycles. The van der Waals surface area contributed by atoms with Crippen LogP contribution < -0.4 is 16.4 Å². The van der Waals surface area contributed by atoms with Crippen molar-refractivity contribution in [2.24, 2.45) is 23.5 Å². The largest absolute Gasteiger partial charge is 0.369 e. The number of allylic oxidation sites excluding steroid dienone is 1. The van der Waals surface area contributed by atoms with Crippen molar-refractivity contribution in [3.05, 3.63) is 35.8 Å². The zero-order valence-electron chi connectivity index (χ0n) is 18.7. The van der Waals surface area contributed by atoms with Gasteiger partial charge in [-0.25, -0.2) is 4.98 Å². The van der Waals surface area contributed by atoms with Crippen LogP contribution in [-0.2, 0) is 11.3 Å². The van der Waals surface area contributed by atoms with Crippen molar-refractivity contribution < 1.29 is 4.79 Å². The van der Waals surface area contributed by atoms with Crippen LogP contribution in [0.25, 0.3) is 0 Å². The summed E-state index contributed by atoms with van der Waals surface area (Å²) in [4.78, 5) is 25.7. The SMILES string of the molecule is CN1CCN(CCn2cc(Nc3ncc(Cl)c(NC4C5C=CC(C5)C4C(N)=O)n3)cn2)CC1.